The number of carbonyl (C=O) groups is 2. The van der Waals surface area contributed by atoms with Gasteiger partial charge in [0.15, 0.2) is 0 Å². The molecule has 3 atom stereocenters. The molecule has 0 saturated carbocycles. The molecule has 0 amide bonds. The Balaban J connectivity index is 0.000000142. The number of allylic oxidation sites excluding steroid dienone is 1. The Labute approximate surface area is 215 Å². The zero-order valence-corrected chi connectivity index (χ0v) is 22.4. The first-order valence-corrected chi connectivity index (χ1v) is 15.8. The molecule has 5 aliphatic heterocycles. The van der Waals surface area contributed by atoms with Gasteiger partial charge in [-0.05, 0) is 6.42 Å². The van der Waals surface area contributed by atoms with Crippen LogP contribution in [0.1, 0.15) is 13.3 Å². The molecule has 188 valence electrons. The van der Waals surface area contributed by atoms with E-state index in [0.717, 1.165) is 57.7 Å². The van der Waals surface area contributed by atoms with E-state index in [2.05, 4.69) is 30.4 Å². The minimum Gasteiger partial charge on any atom is -0.372 e. The Hall–Kier alpha value is -0.810. The molecule has 5 fully saturated rings. The number of rotatable bonds is 14. The average Bonchev–Trinajstić information content (AvgIpc) is 3.61. The zero-order chi connectivity index (χ0) is 23.5. The second-order valence-electron chi connectivity index (χ2n) is 9.31. The summed E-state index contributed by atoms with van der Waals surface area (Å²) >= 11 is 6.25. The first kappa shape index (κ1) is 24.9. The van der Waals surface area contributed by atoms with Gasteiger partial charge in [-0.3, -0.25) is 9.59 Å². The summed E-state index contributed by atoms with van der Waals surface area (Å²) in [5.74, 6) is 6.30. The van der Waals surface area contributed by atoms with E-state index in [0.29, 0.717) is 29.3 Å². The average molecular weight is 526 g/mol. The molecule has 10 heteroatoms. The van der Waals surface area contributed by atoms with Crippen LogP contribution in [0.2, 0.25) is 0 Å². The molecule has 1 aliphatic carbocycles. The Morgan fingerprint density at radius 1 is 0.882 bits per heavy atom. The number of thioether (sulfide) groups is 3. The summed E-state index contributed by atoms with van der Waals surface area (Å²) in [5.41, 5.74) is 1.89. The maximum Gasteiger partial charge on any atom is 0.227 e. The first-order valence-electron chi connectivity index (χ1n) is 12.4. The molecule has 0 aromatic heterocycles. The summed E-state index contributed by atoms with van der Waals surface area (Å²) in [6, 6.07) is 0. The summed E-state index contributed by atoms with van der Waals surface area (Å²) < 4.78 is 10.4. The lowest BCUT2D eigenvalue weighted by Crippen LogP contribution is -2.29. The maximum absolute atomic E-state index is 12.4. The SMILES string of the molecule is CCC(CSCC1CO1)SCCSCC1CO1.O=C1C=C(N2CC2)C(=O)C(N2CC2)=C1N1CC1. The first-order chi connectivity index (χ1) is 16.6. The van der Waals surface area contributed by atoms with Crippen LogP contribution in [-0.2, 0) is 19.1 Å². The van der Waals surface area contributed by atoms with E-state index in [1.165, 1.54) is 41.3 Å². The highest BCUT2D eigenvalue weighted by Gasteiger charge is 2.43. The Kier molecular flexibility index (Phi) is 8.41. The third-order valence-electron chi connectivity index (χ3n) is 6.24. The van der Waals surface area contributed by atoms with Crippen molar-refractivity contribution in [3.05, 3.63) is 23.2 Å². The number of hydrogen-bond donors (Lipinski definition) is 0. The van der Waals surface area contributed by atoms with Crippen LogP contribution in [0.4, 0.5) is 0 Å². The smallest absolute Gasteiger partial charge is 0.227 e. The summed E-state index contributed by atoms with van der Waals surface area (Å²) in [5, 5.41) is 0.830. The second-order valence-corrected chi connectivity index (χ2v) is 12.9. The van der Waals surface area contributed by atoms with Crippen LogP contribution < -0.4 is 0 Å². The monoisotopic (exact) mass is 525 g/mol. The molecule has 3 unspecified atom stereocenters. The van der Waals surface area contributed by atoms with Crippen molar-refractivity contribution in [3.63, 3.8) is 0 Å². The number of hydrogen-bond acceptors (Lipinski definition) is 10. The molecular weight excluding hydrogens is 490 g/mol. The highest BCUT2D eigenvalue weighted by atomic mass is 32.2. The fourth-order valence-corrected chi connectivity index (χ4v) is 7.52. The number of epoxide rings is 2. The third kappa shape index (κ3) is 7.35. The molecule has 0 aromatic rings. The van der Waals surface area contributed by atoms with E-state index in [4.69, 9.17) is 9.47 Å². The lowest BCUT2D eigenvalue weighted by molar-refractivity contribution is -0.117. The normalized spacial score (nSPS) is 27.3. The molecule has 34 heavy (non-hydrogen) atoms. The van der Waals surface area contributed by atoms with Crippen molar-refractivity contribution in [1.29, 1.82) is 0 Å². The quantitative estimate of drug-likeness (QED) is 0.191. The van der Waals surface area contributed by atoms with Crippen LogP contribution in [-0.4, -0.2) is 125 Å². The zero-order valence-electron chi connectivity index (χ0n) is 19.9. The fourth-order valence-electron chi connectivity index (χ4n) is 3.71. The second kappa shape index (κ2) is 11.5. The van der Waals surface area contributed by atoms with E-state index in [1.807, 2.05) is 26.5 Å². The lowest BCUT2D eigenvalue weighted by atomic mass is 10.0. The van der Waals surface area contributed by atoms with Crippen molar-refractivity contribution in [1.82, 2.24) is 14.7 Å². The fraction of sp³-hybridized carbons (Fsp3) is 0.750. The van der Waals surface area contributed by atoms with Crippen LogP contribution >= 0.6 is 35.3 Å². The van der Waals surface area contributed by atoms with Crippen molar-refractivity contribution in [2.75, 3.05) is 81.2 Å². The lowest BCUT2D eigenvalue weighted by Gasteiger charge is -2.21. The molecular formula is C24H35N3O4S3. The summed E-state index contributed by atoms with van der Waals surface area (Å²) in [6.07, 6.45) is 3.98. The standard InChI is InChI=1S/C12H13N3O2.C12H22O2S3/c16-9-7-8(13-1-2-13)12(17)11(15-5-6-15)10(9)14-3-4-14;1-2-12(9-16-8-11-6-14-11)17-4-3-15-7-10-5-13-10/h7H,1-6H2;10-12H,2-9H2,1H3. The largest absolute Gasteiger partial charge is 0.372 e. The molecule has 0 aromatic carbocycles. The van der Waals surface area contributed by atoms with Crippen molar-refractivity contribution in [2.45, 2.75) is 30.8 Å². The van der Waals surface area contributed by atoms with E-state index in [1.54, 1.807) is 0 Å². The number of ether oxygens (including phenoxy) is 2. The molecule has 0 N–H and O–H groups in total. The Bertz CT molecular complexity index is 831. The van der Waals surface area contributed by atoms with E-state index >= 15 is 0 Å². The number of carbonyl (C=O) groups excluding carboxylic acids is 2. The van der Waals surface area contributed by atoms with Gasteiger partial charge in [0.1, 0.15) is 11.4 Å². The van der Waals surface area contributed by atoms with E-state index < -0.39 is 0 Å². The van der Waals surface area contributed by atoms with Crippen LogP contribution in [0.3, 0.4) is 0 Å². The van der Waals surface area contributed by atoms with Crippen molar-refractivity contribution >= 4 is 46.9 Å². The molecule has 7 nitrogen and oxygen atoms in total. The van der Waals surface area contributed by atoms with Crippen LogP contribution in [0.5, 0.6) is 0 Å². The van der Waals surface area contributed by atoms with Gasteiger partial charge in [0.2, 0.25) is 11.6 Å². The van der Waals surface area contributed by atoms with Gasteiger partial charge >= 0.3 is 0 Å². The highest BCUT2D eigenvalue weighted by Crippen LogP contribution is 2.34. The predicted octanol–water partition coefficient (Wildman–Crippen LogP) is 1.94. The van der Waals surface area contributed by atoms with E-state index in [9.17, 15) is 9.59 Å². The maximum atomic E-state index is 12.4. The molecule has 6 aliphatic rings. The van der Waals surface area contributed by atoms with Gasteiger partial charge in [-0.1, -0.05) is 6.92 Å². The summed E-state index contributed by atoms with van der Waals surface area (Å²) in [4.78, 5) is 30.5. The van der Waals surface area contributed by atoms with Gasteiger partial charge in [0.05, 0.1) is 31.1 Å². The summed E-state index contributed by atoms with van der Waals surface area (Å²) in [7, 11) is 0. The van der Waals surface area contributed by atoms with Crippen molar-refractivity contribution in [3.8, 4) is 0 Å². The highest BCUT2D eigenvalue weighted by molar-refractivity contribution is 8.04. The van der Waals surface area contributed by atoms with Crippen LogP contribution in [0.15, 0.2) is 23.2 Å². The van der Waals surface area contributed by atoms with Gasteiger partial charge in [0.25, 0.3) is 0 Å². The van der Waals surface area contributed by atoms with Gasteiger partial charge in [-0.2, -0.15) is 35.3 Å². The third-order valence-corrected chi connectivity index (χ3v) is 10.5. The minimum atomic E-state index is 0.00546. The van der Waals surface area contributed by atoms with Gasteiger partial charge in [0, 0.05) is 79.4 Å². The van der Waals surface area contributed by atoms with Gasteiger partial charge in [-0.15, -0.1) is 0 Å². The minimum absolute atomic E-state index is 0.00546. The van der Waals surface area contributed by atoms with Crippen molar-refractivity contribution in [2.24, 2.45) is 0 Å². The number of ketones is 2. The van der Waals surface area contributed by atoms with Gasteiger partial charge in [-0.25, -0.2) is 0 Å². The van der Waals surface area contributed by atoms with Crippen LogP contribution in [0.25, 0.3) is 0 Å². The van der Waals surface area contributed by atoms with E-state index in [-0.39, 0.29) is 11.6 Å². The Morgan fingerprint density at radius 2 is 1.47 bits per heavy atom. The number of nitrogens with zero attached hydrogens (tertiary/aromatic N) is 3. The molecule has 5 saturated heterocycles. The predicted molar refractivity (Wildman–Crippen MR) is 141 cm³/mol. The number of Topliss-reactive ketones (excluding diaryl/α,β-unsaturated/α-hetero) is 1. The van der Waals surface area contributed by atoms with Gasteiger partial charge < -0.3 is 24.2 Å². The molecule has 0 bridgehead atoms. The Morgan fingerprint density at radius 3 is 2.03 bits per heavy atom. The molecule has 6 rings (SSSR count). The van der Waals surface area contributed by atoms with Crippen LogP contribution in [0, 0.1) is 0 Å². The summed E-state index contributed by atoms with van der Waals surface area (Å²) in [6.45, 7) is 9.70. The van der Waals surface area contributed by atoms with Crippen molar-refractivity contribution < 1.29 is 19.1 Å². The molecule has 5 heterocycles. The molecule has 0 radical (unpaired) electrons. The topological polar surface area (TPSA) is 68.2 Å². The molecule has 0 spiro atoms.